The lowest BCUT2D eigenvalue weighted by atomic mass is 10.0. The smallest absolute Gasteiger partial charge is 0.243 e. The van der Waals surface area contributed by atoms with Crippen LogP contribution in [0.3, 0.4) is 0 Å². The van der Waals surface area contributed by atoms with Gasteiger partial charge in [-0.15, -0.1) is 0 Å². The maximum absolute atomic E-state index is 13.4. The molecule has 3 nitrogen and oxygen atoms in total. The predicted octanol–water partition coefficient (Wildman–Crippen LogP) is 1.95. The van der Waals surface area contributed by atoms with E-state index in [1.54, 1.807) is 12.1 Å². The summed E-state index contributed by atoms with van der Waals surface area (Å²) in [6.07, 6.45) is 1.84. The number of ether oxygens (including phenoxy) is 1. The number of fused-ring (bicyclic) bond motifs is 1. The molecule has 1 aromatic rings. The molecule has 1 heterocycles. The molecule has 1 aliphatic heterocycles. The van der Waals surface area contributed by atoms with Gasteiger partial charge in [0.15, 0.2) is 11.6 Å². The first-order valence-electron chi connectivity index (χ1n) is 5.06. The van der Waals surface area contributed by atoms with E-state index >= 15 is 0 Å². The van der Waals surface area contributed by atoms with Gasteiger partial charge in [0, 0.05) is 12.0 Å². The zero-order valence-electron chi connectivity index (χ0n) is 8.70. The highest BCUT2D eigenvalue weighted by Crippen LogP contribution is 2.33. The molecule has 0 aromatic heterocycles. The van der Waals surface area contributed by atoms with Gasteiger partial charge in [-0.2, -0.15) is 0 Å². The van der Waals surface area contributed by atoms with Crippen molar-refractivity contribution in [1.29, 1.82) is 0 Å². The highest BCUT2D eigenvalue weighted by molar-refractivity contribution is 5.87. The molecular weight excluding hydrogens is 209 g/mol. The fourth-order valence-electron chi connectivity index (χ4n) is 1.77. The summed E-state index contributed by atoms with van der Waals surface area (Å²) in [6.45, 7) is 3.78. The number of benzene rings is 1. The van der Waals surface area contributed by atoms with Gasteiger partial charge in [-0.25, -0.2) is 4.39 Å². The van der Waals surface area contributed by atoms with Crippen molar-refractivity contribution in [3.63, 3.8) is 0 Å². The SMILES string of the molecule is C=CC(=O)N[C@@H]1CCOc2c(F)cccc21. The number of carbonyl (C=O) groups is 1. The van der Waals surface area contributed by atoms with E-state index in [1.165, 1.54) is 12.1 Å². The van der Waals surface area contributed by atoms with Crippen molar-refractivity contribution in [1.82, 2.24) is 5.32 Å². The van der Waals surface area contributed by atoms with Crippen molar-refractivity contribution in [2.24, 2.45) is 0 Å². The van der Waals surface area contributed by atoms with E-state index in [2.05, 4.69) is 11.9 Å². The first kappa shape index (κ1) is 10.7. The molecule has 4 heteroatoms. The minimum atomic E-state index is -0.393. The third-order valence-electron chi connectivity index (χ3n) is 2.53. The maximum Gasteiger partial charge on any atom is 0.243 e. The Kier molecular flexibility index (Phi) is 2.90. The van der Waals surface area contributed by atoms with Gasteiger partial charge in [0.1, 0.15) is 0 Å². The van der Waals surface area contributed by atoms with Crippen molar-refractivity contribution < 1.29 is 13.9 Å². The molecule has 0 aliphatic carbocycles. The number of halogens is 1. The van der Waals surface area contributed by atoms with Crippen LogP contribution in [-0.4, -0.2) is 12.5 Å². The van der Waals surface area contributed by atoms with Crippen molar-refractivity contribution >= 4 is 5.91 Å². The van der Waals surface area contributed by atoms with Crippen LogP contribution in [0.5, 0.6) is 5.75 Å². The molecule has 1 N–H and O–H groups in total. The van der Waals surface area contributed by atoms with E-state index in [0.717, 1.165) is 0 Å². The quantitative estimate of drug-likeness (QED) is 0.775. The summed E-state index contributed by atoms with van der Waals surface area (Å²) in [5.41, 5.74) is 0.682. The van der Waals surface area contributed by atoms with Crippen LogP contribution < -0.4 is 10.1 Å². The molecule has 0 spiro atoms. The van der Waals surface area contributed by atoms with Gasteiger partial charge in [0.25, 0.3) is 0 Å². The van der Waals surface area contributed by atoms with E-state index in [9.17, 15) is 9.18 Å². The molecule has 0 fully saturated rings. The van der Waals surface area contributed by atoms with E-state index < -0.39 is 5.82 Å². The molecule has 1 amide bonds. The highest BCUT2D eigenvalue weighted by atomic mass is 19.1. The zero-order chi connectivity index (χ0) is 11.5. The van der Waals surface area contributed by atoms with E-state index in [0.29, 0.717) is 18.6 Å². The Balaban J connectivity index is 2.29. The summed E-state index contributed by atoms with van der Waals surface area (Å²) in [5, 5.41) is 2.75. The van der Waals surface area contributed by atoms with Gasteiger partial charge in [-0.1, -0.05) is 18.7 Å². The number of hydrogen-bond acceptors (Lipinski definition) is 2. The molecular formula is C12H12FNO2. The summed E-state index contributed by atoms with van der Waals surface area (Å²) in [7, 11) is 0. The Morgan fingerprint density at radius 2 is 2.44 bits per heavy atom. The molecule has 84 valence electrons. The maximum atomic E-state index is 13.4. The largest absolute Gasteiger partial charge is 0.490 e. The summed E-state index contributed by atoms with van der Waals surface area (Å²) in [5.74, 6) is -0.416. The van der Waals surface area contributed by atoms with Gasteiger partial charge < -0.3 is 10.1 Å². The zero-order valence-corrected chi connectivity index (χ0v) is 8.70. The first-order valence-corrected chi connectivity index (χ1v) is 5.06. The Morgan fingerprint density at radius 3 is 3.19 bits per heavy atom. The Morgan fingerprint density at radius 1 is 1.62 bits per heavy atom. The Bertz CT molecular complexity index is 431. The molecule has 0 saturated carbocycles. The minimum absolute atomic E-state index is 0.204. The molecule has 0 radical (unpaired) electrons. The van der Waals surface area contributed by atoms with Crippen LogP contribution in [0, 0.1) is 5.82 Å². The number of hydrogen-bond donors (Lipinski definition) is 1. The van der Waals surface area contributed by atoms with Gasteiger partial charge in [-0.3, -0.25) is 4.79 Å². The Hall–Kier alpha value is -1.84. The number of rotatable bonds is 2. The molecule has 16 heavy (non-hydrogen) atoms. The highest BCUT2D eigenvalue weighted by Gasteiger charge is 2.24. The second kappa shape index (κ2) is 4.35. The number of carbonyl (C=O) groups excluding carboxylic acids is 1. The molecule has 1 aliphatic rings. The summed E-state index contributed by atoms with van der Waals surface area (Å²) < 4.78 is 18.7. The van der Waals surface area contributed by atoms with Crippen LogP contribution >= 0.6 is 0 Å². The van der Waals surface area contributed by atoms with Gasteiger partial charge in [0.2, 0.25) is 5.91 Å². The van der Waals surface area contributed by atoms with Crippen molar-refractivity contribution in [2.75, 3.05) is 6.61 Å². The molecule has 1 aromatic carbocycles. The number of amides is 1. The van der Waals surface area contributed by atoms with Crippen LogP contribution in [0.25, 0.3) is 0 Å². The Labute approximate surface area is 92.9 Å². The lowest BCUT2D eigenvalue weighted by Gasteiger charge is -2.26. The van der Waals surface area contributed by atoms with Crippen LogP contribution in [-0.2, 0) is 4.79 Å². The lowest BCUT2D eigenvalue weighted by molar-refractivity contribution is -0.117. The van der Waals surface area contributed by atoms with Crippen molar-refractivity contribution in [3.05, 3.63) is 42.2 Å². The summed E-state index contributed by atoms with van der Waals surface area (Å²) in [4.78, 5) is 11.2. The lowest BCUT2D eigenvalue weighted by Crippen LogP contribution is -2.31. The molecule has 0 saturated heterocycles. The predicted molar refractivity (Wildman–Crippen MR) is 57.6 cm³/mol. The van der Waals surface area contributed by atoms with E-state index in [1.807, 2.05) is 0 Å². The van der Waals surface area contributed by atoms with Crippen molar-refractivity contribution in [2.45, 2.75) is 12.5 Å². The fraction of sp³-hybridized carbons (Fsp3) is 0.250. The van der Waals surface area contributed by atoms with E-state index in [-0.39, 0.29) is 17.7 Å². The van der Waals surface area contributed by atoms with Crippen LogP contribution in [0.4, 0.5) is 4.39 Å². The second-order valence-corrected chi connectivity index (χ2v) is 3.56. The summed E-state index contributed by atoms with van der Waals surface area (Å²) >= 11 is 0. The van der Waals surface area contributed by atoms with Crippen LogP contribution in [0.2, 0.25) is 0 Å². The summed E-state index contributed by atoms with van der Waals surface area (Å²) in [6, 6.07) is 4.50. The minimum Gasteiger partial charge on any atom is -0.490 e. The van der Waals surface area contributed by atoms with Crippen LogP contribution in [0.1, 0.15) is 18.0 Å². The third-order valence-corrected chi connectivity index (χ3v) is 2.53. The number of para-hydroxylation sites is 1. The standard InChI is InChI=1S/C12H12FNO2/c1-2-11(15)14-10-6-7-16-12-8(10)4-3-5-9(12)13/h2-5,10H,1,6-7H2,(H,14,15)/t10-/m1/s1. The van der Waals surface area contributed by atoms with Gasteiger partial charge in [-0.05, 0) is 12.1 Å². The molecule has 0 bridgehead atoms. The van der Waals surface area contributed by atoms with Crippen molar-refractivity contribution in [3.8, 4) is 5.75 Å². The fourth-order valence-corrected chi connectivity index (χ4v) is 1.77. The first-order chi connectivity index (χ1) is 7.72. The molecule has 1 atom stereocenters. The molecule has 2 rings (SSSR count). The van der Waals surface area contributed by atoms with Gasteiger partial charge >= 0.3 is 0 Å². The third kappa shape index (κ3) is 1.91. The second-order valence-electron chi connectivity index (χ2n) is 3.56. The normalized spacial score (nSPS) is 18.2. The van der Waals surface area contributed by atoms with Crippen LogP contribution in [0.15, 0.2) is 30.9 Å². The average molecular weight is 221 g/mol. The average Bonchev–Trinajstić information content (AvgIpc) is 2.30. The van der Waals surface area contributed by atoms with Gasteiger partial charge in [0.05, 0.1) is 12.6 Å². The number of nitrogens with one attached hydrogen (secondary N) is 1. The monoisotopic (exact) mass is 221 g/mol. The molecule has 0 unspecified atom stereocenters. The van der Waals surface area contributed by atoms with E-state index in [4.69, 9.17) is 4.74 Å². The topological polar surface area (TPSA) is 38.3 Å².